The Morgan fingerprint density at radius 2 is 1.83 bits per heavy atom. The molecule has 5 nitrogen and oxygen atoms in total. The van der Waals surface area contributed by atoms with Gasteiger partial charge in [0.25, 0.3) is 5.91 Å². The number of amides is 2. The maximum absolute atomic E-state index is 13.1. The Hall–Kier alpha value is -3.55. The molecule has 0 bridgehead atoms. The number of hydrogen-bond donors (Lipinski definition) is 2. The van der Waals surface area contributed by atoms with E-state index >= 15 is 0 Å². The fourth-order valence-corrected chi connectivity index (χ4v) is 4.44. The standard InChI is InChI=1S/C28H29F3N2O3/c1-17(2)16-36-27(35)33-23-13-19-9-12-22(14-20(19)15-23)32-26(34)25-6-4-3-5-24(25)18-7-10-21(11-8-18)28(29,30)31/h3-10,12,14,17,21,23H,11,13,15-16H2,1-2H3,(H,32,34)(H,33,35). The van der Waals surface area contributed by atoms with Gasteiger partial charge in [0.2, 0.25) is 0 Å². The lowest BCUT2D eigenvalue weighted by Gasteiger charge is -2.20. The number of benzene rings is 2. The minimum absolute atomic E-state index is 0.0723. The van der Waals surface area contributed by atoms with Crippen LogP contribution in [0.3, 0.4) is 0 Å². The van der Waals surface area contributed by atoms with E-state index in [0.717, 1.165) is 17.2 Å². The highest BCUT2D eigenvalue weighted by atomic mass is 19.4. The summed E-state index contributed by atoms with van der Waals surface area (Å²) in [6.45, 7) is 4.30. The van der Waals surface area contributed by atoms with E-state index in [4.69, 9.17) is 4.74 Å². The highest BCUT2D eigenvalue weighted by Crippen LogP contribution is 2.36. The third-order valence-corrected chi connectivity index (χ3v) is 6.27. The minimum atomic E-state index is -4.29. The predicted octanol–water partition coefficient (Wildman–Crippen LogP) is 6.31. The summed E-state index contributed by atoms with van der Waals surface area (Å²) in [5.41, 5.74) is 4.30. The lowest BCUT2D eigenvalue weighted by atomic mass is 9.90. The molecule has 0 saturated carbocycles. The molecule has 2 N–H and O–H groups in total. The molecule has 2 amide bonds. The van der Waals surface area contributed by atoms with Crippen LogP contribution in [0.5, 0.6) is 0 Å². The molecule has 4 rings (SSSR count). The molecule has 2 aliphatic rings. The van der Waals surface area contributed by atoms with E-state index in [-0.39, 0.29) is 24.3 Å². The summed E-state index contributed by atoms with van der Waals surface area (Å²) in [5, 5.41) is 5.80. The van der Waals surface area contributed by atoms with Gasteiger partial charge in [-0.15, -0.1) is 0 Å². The van der Waals surface area contributed by atoms with Gasteiger partial charge >= 0.3 is 12.3 Å². The average Bonchev–Trinajstić information content (AvgIpc) is 3.23. The SMILES string of the molecule is CC(C)COC(=O)NC1Cc2ccc(NC(=O)c3ccccc3C3=CCC(C(F)(F)F)C=C3)cc2C1. The summed E-state index contributed by atoms with van der Waals surface area (Å²) >= 11 is 0. The molecular weight excluding hydrogens is 469 g/mol. The first-order valence-corrected chi connectivity index (χ1v) is 12.0. The fourth-order valence-electron chi connectivity index (χ4n) is 4.44. The van der Waals surface area contributed by atoms with Crippen LogP contribution in [0.2, 0.25) is 0 Å². The van der Waals surface area contributed by atoms with E-state index in [1.165, 1.54) is 12.2 Å². The normalized spacial score (nSPS) is 19.0. The number of carbonyl (C=O) groups is 2. The number of nitrogens with one attached hydrogen (secondary N) is 2. The smallest absolute Gasteiger partial charge is 0.407 e. The van der Waals surface area contributed by atoms with Crippen LogP contribution < -0.4 is 10.6 Å². The van der Waals surface area contributed by atoms with Crippen molar-refractivity contribution in [2.75, 3.05) is 11.9 Å². The van der Waals surface area contributed by atoms with Gasteiger partial charge in [-0.1, -0.05) is 56.3 Å². The molecule has 2 unspecified atom stereocenters. The molecule has 0 aromatic heterocycles. The first kappa shape index (κ1) is 25.5. The zero-order valence-electron chi connectivity index (χ0n) is 20.2. The highest BCUT2D eigenvalue weighted by Gasteiger charge is 2.38. The molecule has 0 saturated heterocycles. The number of fused-ring (bicyclic) bond motifs is 1. The van der Waals surface area contributed by atoms with Crippen LogP contribution >= 0.6 is 0 Å². The second-order valence-corrected chi connectivity index (χ2v) is 9.63. The molecule has 2 atom stereocenters. The van der Waals surface area contributed by atoms with Crippen molar-refractivity contribution in [2.24, 2.45) is 11.8 Å². The van der Waals surface area contributed by atoms with Crippen molar-refractivity contribution in [3.05, 3.63) is 82.9 Å². The van der Waals surface area contributed by atoms with Gasteiger partial charge in [-0.3, -0.25) is 4.79 Å². The van der Waals surface area contributed by atoms with Crippen molar-refractivity contribution in [1.29, 1.82) is 0 Å². The van der Waals surface area contributed by atoms with Gasteiger partial charge in [-0.05, 0) is 65.6 Å². The number of rotatable bonds is 6. The van der Waals surface area contributed by atoms with Crippen LogP contribution in [0.1, 0.15) is 47.3 Å². The van der Waals surface area contributed by atoms with Crippen molar-refractivity contribution >= 4 is 23.3 Å². The second-order valence-electron chi connectivity index (χ2n) is 9.63. The van der Waals surface area contributed by atoms with Crippen LogP contribution in [0.4, 0.5) is 23.7 Å². The van der Waals surface area contributed by atoms with Gasteiger partial charge in [-0.25, -0.2) is 4.79 Å². The topological polar surface area (TPSA) is 67.4 Å². The Kier molecular flexibility index (Phi) is 7.52. The van der Waals surface area contributed by atoms with Crippen LogP contribution in [0.25, 0.3) is 5.57 Å². The summed E-state index contributed by atoms with van der Waals surface area (Å²) in [7, 11) is 0. The van der Waals surface area contributed by atoms with Gasteiger partial charge in [0.1, 0.15) is 0 Å². The Morgan fingerprint density at radius 1 is 1.08 bits per heavy atom. The van der Waals surface area contributed by atoms with E-state index in [9.17, 15) is 22.8 Å². The number of anilines is 1. The number of carbonyl (C=O) groups excluding carboxylic acids is 2. The fraction of sp³-hybridized carbons (Fsp3) is 0.357. The quantitative estimate of drug-likeness (QED) is 0.491. The van der Waals surface area contributed by atoms with Crippen molar-refractivity contribution in [2.45, 2.75) is 45.3 Å². The largest absolute Gasteiger partial charge is 0.449 e. The summed E-state index contributed by atoms with van der Waals surface area (Å²) in [6, 6.07) is 12.4. The number of allylic oxidation sites excluding steroid dienone is 4. The highest BCUT2D eigenvalue weighted by molar-refractivity contribution is 6.08. The lowest BCUT2D eigenvalue weighted by molar-refractivity contribution is -0.160. The molecule has 0 radical (unpaired) electrons. The van der Waals surface area contributed by atoms with E-state index in [1.54, 1.807) is 24.3 Å². The van der Waals surface area contributed by atoms with Crippen LogP contribution in [-0.4, -0.2) is 30.8 Å². The van der Waals surface area contributed by atoms with E-state index < -0.39 is 18.2 Å². The molecule has 36 heavy (non-hydrogen) atoms. The van der Waals surface area contributed by atoms with Crippen molar-refractivity contribution in [3.8, 4) is 0 Å². The molecule has 0 aliphatic heterocycles. The predicted molar refractivity (Wildman–Crippen MR) is 133 cm³/mol. The molecule has 2 aromatic rings. The van der Waals surface area contributed by atoms with Gasteiger partial charge < -0.3 is 15.4 Å². The Morgan fingerprint density at radius 3 is 2.53 bits per heavy atom. The minimum Gasteiger partial charge on any atom is -0.449 e. The summed E-state index contributed by atoms with van der Waals surface area (Å²) < 4.78 is 44.2. The Labute approximate surface area is 208 Å². The molecule has 2 aromatic carbocycles. The lowest BCUT2D eigenvalue weighted by Crippen LogP contribution is -2.36. The number of ether oxygens (including phenoxy) is 1. The summed E-state index contributed by atoms with van der Waals surface area (Å²) in [5.74, 6) is -1.60. The van der Waals surface area contributed by atoms with Crippen LogP contribution in [0.15, 0.2) is 60.7 Å². The number of alkyl halides is 3. The van der Waals surface area contributed by atoms with Crippen LogP contribution in [-0.2, 0) is 17.6 Å². The summed E-state index contributed by atoms with van der Waals surface area (Å²) in [6.07, 6.45) is 0.545. The molecule has 0 heterocycles. The van der Waals surface area contributed by atoms with E-state index in [1.807, 2.05) is 32.0 Å². The zero-order valence-corrected chi connectivity index (χ0v) is 20.2. The number of alkyl carbamates (subject to hydrolysis) is 1. The van der Waals surface area contributed by atoms with E-state index in [0.29, 0.717) is 41.8 Å². The summed E-state index contributed by atoms with van der Waals surface area (Å²) in [4.78, 5) is 25.1. The van der Waals surface area contributed by atoms with Gasteiger partial charge in [0.05, 0.1) is 12.5 Å². The molecular formula is C28H29F3N2O3. The third kappa shape index (κ3) is 6.17. The van der Waals surface area contributed by atoms with Gasteiger partial charge in [-0.2, -0.15) is 13.2 Å². The molecule has 0 fully saturated rings. The van der Waals surface area contributed by atoms with Gasteiger partial charge in [0.15, 0.2) is 0 Å². The maximum Gasteiger partial charge on any atom is 0.407 e. The first-order chi connectivity index (χ1) is 17.1. The number of hydrogen-bond acceptors (Lipinski definition) is 3. The van der Waals surface area contributed by atoms with Gasteiger partial charge in [0, 0.05) is 17.3 Å². The first-order valence-electron chi connectivity index (χ1n) is 12.0. The second kappa shape index (κ2) is 10.6. The zero-order chi connectivity index (χ0) is 25.9. The molecule has 0 spiro atoms. The Balaban J connectivity index is 1.42. The third-order valence-electron chi connectivity index (χ3n) is 6.27. The van der Waals surface area contributed by atoms with Crippen molar-refractivity contribution < 1.29 is 27.5 Å². The van der Waals surface area contributed by atoms with E-state index in [2.05, 4.69) is 10.6 Å². The Bertz CT molecular complexity index is 1200. The van der Waals surface area contributed by atoms with Crippen molar-refractivity contribution in [1.82, 2.24) is 5.32 Å². The van der Waals surface area contributed by atoms with Crippen LogP contribution in [0, 0.1) is 11.8 Å². The molecule has 8 heteroatoms. The molecule has 2 aliphatic carbocycles. The molecule has 190 valence electrons. The average molecular weight is 499 g/mol. The monoisotopic (exact) mass is 498 g/mol. The van der Waals surface area contributed by atoms with Crippen molar-refractivity contribution in [3.63, 3.8) is 0 Å². The maximum atomic E-state index is 13.1. The number of halogens is 3.